The Morgan fingerprint density at radius 1 is 1.42 bits per heavy atom. The first kappa shape index (κ1) is 7.27. The number of quaternary nitrogens is 1. The number of benzene rings is 1. The van der Waals surface area contributed by atoms with Crippen molar-refractivity contribution in [3.05, 3.63) is 35.0 Å². The minimum absolute atomic E-state index is 0.162. The Labute approximate surface area is 68.9 Å². The molecular weight excluding hydrogens is 158 g/mol. The van der Waals surface area contributed by atoms with Crippen molar-refractivity contribution in [3.8, 4) is 5.75 Å². The van der Waals surface area contributed by atoms with E-state index in [1.807, 2.05) is 6.07 Å². The molecule has 1 aliphatic rings. The zero-order valence-electron chi connectivity index (χ0n) is 6.24. The normalized spacial score (nSPS) is 21.4. The first-order valence-corrected chi connectivity index (χ1v) is 3.60. The van der Waals surface area contributed by atoms with Gasteiger partial charge >= 0.3 is 5.91 Å². The number of nitrogens with one attached hydrogen (secondary N) is 1. The molecule has 1 heterocycles. The maximum Gasteiger partial charge on any atom is 0.358 e. The third-order valence-electron chi connectivity index (χ3n) is 1.75. The second kappa shape index (κ2) is 2.58. The second-order valence-electron chi connectivity index (χ2n) is 2.60. The van der Waals surface area contributed by atoms with E-state index in [0.29, 0.717) is 5.75 Å². The van der Waals surface area contributed by atoms with Gasteiger partial charge in [-0.15, -0.1) is 5.23 Å². The molecule has 0 saturated carbocycles. The average Bonchev–Trinajstić information content (AvgIpc) is 2.07. The summed E-state index contributed by atoms with van der Waals surface area (Å²) in [5, 5.41) is 10.0. The van der Waals surface area contributed by atoms with Crippen LogP contribution >= 0.6 is 0 Å². The molecule has 1 N–H and O–H groups in total. The van der Waals surface area contributed by atoms with E-state index in [1.165, 1.54) is 0 Å². The van der Waals surface area contributed by atoms with Crippen LogP contribution in [0.2, 0.25) is 0 Å². The van der Waals surface area contributed by atoms with Gasteiger partial charge in [-0.2, -0.15) is 0 Å². The number of hydrogen-bond donors (Lipinski definition) is 1. The number of carbonyl (C=O) groups is 1. The van der Waals surface area contributed by atoms with Gasteiger partial charge in [-0.05, 0) is 6.07 Å². The van der Waals surface area contributed by atoms with Gasteiger partial charge < -0.3 is 10.0 Å². The highest BCUT2D eigenvalue weighted by atomic mass is 16.9. The molecule has 0 radical (unpaired) electrons. The molecule has 4 nitrogen and oxygen atoms in total. The summed E-state index contributed by atoms with van der Waals surface area (Å²) in [4.78, 5) is 15.6. The Bertz CT molecular complexity index is 324. The van der Waals surface area contributed by atoms with Gasteiger partial charge in [0.15, 0.2) is 5.75 Å². The number of hydrogen-bond acceptors (Lipinski definition) is 3. The summed E-state index contributed by atoms with van der Waals surface area (Å²) in [5.74, 6) is 0.0239. The minimum Gasteiger partial charge on any atom is -0.583 e. The molecular formula is C8H7NO3. The number of amides is 1. The van der Waals surface area contributed by atoms with Crippen LogP contribution in [0.15, 0.2) is 24.3 Å². The maximum atomic E-state index is 10.9. The fourth-order valence-electron chi connectivity index (χ4n) is 1.15. The Balaban J connectivity index is 2.40. The summed E-state index contributed by atoms with van der Waals surface area (Å²) >= 11 is 0. The Morgan fingerprint density at radius 2 is 2.17 bits per heavy atom. The molecule has 1 amide bonds. The summed E-state index contributed by atoms with van der Waals surface area (Å²) < 4.78 is 0. The van der Waals surface area contributed by atoms with Gasteiger partial charge in [0, 0.05) is 5.56 Å². The molecule has 0 saturated heterocycles. The zero-order valence-corrected chi connectivity index (χ0v) is 6.24. The molecule has 2 rings (SSSR count). The van der Waals surface area contributed by atoms with Gasteiger partial charge in [0.1, 0.15) is 0 Å². The molecule has 1 unspecified atom stereocenters. The summed E-state index contributed by atoms with van der Waals surface area (Å²) in [5.41, 5.74) is 0.780. The van der Waals surface area contributed by atoms with Crippen LogP contribution < -0.4 is 10.1 Å². The minimum atomic E-state index is -0.756. The lowest BCUT2D eigenvalue weighted by Crippen LogP contribution is -3.13. The predicted octanol–water partition coefficient (Wildman–Crippen LogP) is -0.554. The monoisotopic (exact) mass is 165 g/mol. The van der Waals surface area contributed by atoms with Crippen molar-refractivity contribution < 1.29 is 14.9 Å². The maximum absolute atomic E-state index is 10.9. The van der Waals surface area contributed by atoms with Crippen LogP contribution in [0.25, 0.3) is 0 Å². The Kier molecular flexibility index (Phi) is 1.56. The van der Waals surface area contributed by atoms with Crippen molar-refractivity contribution >= 4 is 5.91 Å². The van der Waals surface area contributed by atoms with E-state index in [9.17, 15) is 10.0 Å². The molecule has 0 bridgehead atoms. The van der Waals surface area contributed by atoms with Gasteiger partial charge in [0.05, 0.1) is 6.42 Å². The standard InChI is InChI=1S/C8H7NO3/c10-8-5-6-3-1-2-4-7(6)12-9(8)11/h1-4,9H,5H2. The Morgan fingerprint density at radius 3 is 3.00 bits per heavy atom. The fraction of sp³-hybridized carbons (Fsp3) is 0.125. The molecule has 1 aromatic carbocycles. The van der Waals surface area contributed by atoms with E-state index in [4.69, 9.17) is 4.84 Å². The molecule has 4 heteroatoms. The molecule has 0 aromatic heterocycles. The first-order valence-electron chi connectivity index (χ1n) is 3.60. The molecule has 0 spiro atoms. The average molecular weight is 165 g/mol. The van der Waals surface area contributed by atoms with E-state index in [1.54, 1.807) is 18.2 Å². The predicted molar refractivity (Wildman–Crippen MR) is 40.1 cm³/mol. The molecule has 1 aromatic rings. The van der Waals surface area contributed by atoms with Crippen molar-refractivity contribution in [3.63, 3.8) is 0 Å². The van der Waals surface area contributed by atoms with Crippen molar-refractivity contribution in [2.45, 2.75) is 6.42 Å². The highest BCUT2D eigenvalue weighted by Gasteiger charge is 2.23. The van der Waals surface area contributed by atoms with Gasteiger partial charge in [-0.1, -0.05) is 18.2 Å². The summed E-state index contributed by atoms with van der Waals surface area (Å²) in [6.07, 6.45) is 0.162. The Hall–Kier alpha value is -1.39. The van der Waals surface area contributed by atoms with Crippen LogP contribution in [0.3, 0.4) is 0 Å². The smallest absolute Gasteiger partial charge is 0.358 e. The number of para-hydroxylation sites is 1. The number of hydroxylamine groups is 2. The third-order valence-corrected chi connectivity index (χ3v) is 1.75. The first-order chi connectivity index (χ1) is 5.77. The van der Waals surface area contributed by atoms with Crippen LogP contribution in [0, 0.1) is 5.21 Å². The molecule has 1 aliphatic heterocycles. The van der Waals surface area contributed by atoms with Crippen LogP contribution in [-0.2, 0) is 11.2 Å². The SMILES string of the molecule is O=C1Cc2ccccc2O[NH+]1[O-]. The van der Waals surface area contributed by atoms with E-state index >= 15 is 0 Å². The number of fused-ring (bicyclic) bond motifs is 1. The van der Waals surface area contributed by atoms with Crippen LogP contribution in [0.5, 0.6) is 5.75 Å². The van der Waals surface area contributed by atoms with Crippen molar-refractivity contribution in [1.29, 1.82) is 0 Å². The zero-order chi connectivity index (χ0) is 8.55. The molecule has 62 valence electrons. The lowest BCUT2D eigenvalue weighted by atomic mass is 10.1. The quantitative estimate of drug-likeness (QED) is 0.524. The number of carbonyl (C=O) groups excluding carboxylic acids is 1. The topological polar surface area (TPSA) is 53.8 Å². The van der Waals surface area contributed by atoms with Crippen molar-refractivity contribution in [2.75, 3.05) is 0 Å². The molecule has 12 heavy (non-hydrogen) atoms. The lowest BCUT2D eigenvalue weighted by Gasteiger charge is -2.23. The van der Waals surface area contributed by atoms with Crippen LogP contribution in [-0.4, -0.2) is 5.91 Å². The van der Waals surface area contributed by atoms with Gasteiger partial charge in [0.2, 0.25) is 0 Å². The summed E-state index contributed by atoms with van der Waals surface area (Å²) in [6, 6.07) is 7.03. The molecule has 1 atom stereocenters. The molecule has 0 aliphatic carbocycles. The summed E-state index contributed by atoms with van der Waals surface area (Å²) in [6.45, 7) is 0. The van der Waals surface area contributed by atoms with Crippen LogP contribution in [0.4, 0.5) is 0 Å². The lowest BCUT2D eigenvalue weighted by molar-refractivity contribution is -0.952. The number of rotatable bonds is 0. The van der Waals surface area contributed by atoms with E-state index < -0.39 is 11.1 Å². The van der Waals surface area contributed by atoms with E-state index in [0.717, 1.165) is 5.56 Å². The van der Waals surface area contributed by atoms with Crippen molar-refractivity contribution in [2.24, 2.45) is 0 Å². The van der Waals surface area contributed by atoms with Gasteiger partial charge in [0.25, 0.3) is 0 Å². The van der Waals surface area contributed by atoms with E-state index in [-0.39, 0.29) is 6.42 Å². The second-order valence-corrected chi connectivity index (χ2v) is 2.60. The van der Waals surface area contributed by atoms with Crippen molar-refractivity contribution in [1.82, 2.24) is 0 Å². The molecule has 0 fully saturated rings. The van der Waals surface area contributed by atoms with Gasteiger partial charge in [-0.3, -0.25) is 0 Å². The highest BCUT2D eigenvalue weighted by molar-refractivity contribution is 5.72. The largest absolute Gasteiger partial charge is 0.583 e. The third kappa shape index (κ3) is 1.07. The van der Waals surface area contributed by atoms with Crippen LogP contribution in [0.1, 0.15) is 5.56 Å². The summed E-state index contributed by atoms with van der Waals surface area (Å²) in [7, 11) is 0. The fourth-order valence-corrected chi connectivity index (χ4v) is 1.15. The van der Waals surface area contributed by atoms with E-state index in [2.05, 4.69) is 0 Å². The highest BCUT2D eigenvalue weighted by Crippen LogP contribution is 2.18. The van der Waals surface area contributed by atoms with Gasteiger partial charge in [-0.25, -0.2) is 4.79 Å².